The van der Waals surface area contributed by atoms with Crippen LogP contribution in [0.3, 0.4) is 0 Å². The number of carbonyl (C=O) groups excluding carboxylic acids is 5. The van der Waals surface area contributed by atoms with Crippen LogP contribution in [0.25, 0.3) is 0 Å². The lowest BCUT2D eigenvalue weighted by Gasteiger charge is -2.28. The molecule has 5 amide bonds. The van der Waals surface area contributed by atoms with E-state index < -0.39 is 59.7 Å². The van der Waals surface area contributed by atoms with Gasteiger partial charge in [0.25, 0.3) is 0 Å². The van der Waals surface area contributed by atoms with Gasteiger partial charge in [-0.3, -0.25) is 29.0 Å². The van der Waals surface area contributed by atoms with Crippen molar-refractivity contribution in [3.63, 3.8) is 0 Å². The summed E-state index contributed by atoms with van der Waals surface area (Å²) >= 11 is 0. The van der Waals surface area contributed by atoms with Gasteiger partial charge in [0, 0.05) is 13.0 Å². The second-order valence-electron chi connectivity index (χ2n) is 12.9. The lowest BCUT2D eigenvalue weighted by Crippen LogP contribution is -2.59. The molecule has 0 aliphatic carbocycles. The second kappa shape index (κ2) is 18.0. The Balaban J connectivity index is 2.58. The third kappa shape index (κ3) is 12.8. The van der Waals surface area contributed by atoms with Crippen LogP contribution in [0, 0.1) is 17.8 Å². The molecule has 1 fully saturated rings. The van der Waals surface area contributed by atoms with Crippen LogP contribution in [-0.2, 0) is 30.4 Å². The van der Waals surface area contributed by atoms with Crippen molar-refractivity contribution in [2.24, 2.45) is 34.2 Å². The Morgan fingerprint density at radius 3 is 1.64 bits per heavy atom. The van der Waals surface area contributed by atoms with Crippen molar-refractivity contribution in [2.45, 2.75) is 104 Å². The van der Waals surface area contributed by atoms with Gasteiger partial charge in [-0.05, 0) is 49.0 Å². The van der Waals surface area contributed by atoms with E-state index >= 15 is 0 Å². The maximum Gasteiger partial charge on any atom is 0.243 e. The van der Waals surface area contributed by atoms with E-state index in [2.05, 4.69) is 31.6 Å². The molecule has 45 heavy (non-hydrogen) atoms. The molecule has 0 radical (unpaired) electrons. The predicted molar refractivity (Wildman–Crippen MR) is 173 cm³/mol. The fraction of sp³-hybridized carbons (Fsp3) is 0.625. The van der Waals surface area contributed by atoms with Crippen LogP contribution < -0.4 is 38.1 Å². The normalized spacial score (nSPS) is 23.8. The fourth-order valence-electron chi connectivity index (χ4n) is 5.10. The van der Waals surface area contributed by atoms with Gasteiger partial charge in [-0.15, -0.1) is 0 Å². The average Bonchev–Trinajstić information content (AvgIpc) is 2.95. The number of hydrogen-bond donors (Lipinski definition) is 7. The Labute approximate surface area is 266 Å². The molecule has 9 N–H and O–H groups in total. The van der Waals surface area contributed by atoms with Gasteiger partial charge in [-0.2, -0.15) is 0 Å². The van der Waals surface area contributed by atoms with E-state index in [4.69, 9.17) is 11.5 Å². The number of nitrogens with one attached hydrogen (secondary N) is 5. The molecule has 13 nitrogen and oxygen atoms in total. The van der Waals surface area contributed by atoms with Crippen LogP contribution >= 0.6 is 0 Å². The molecule has 1 heterocycles. The highest BCUT2D eigenvalue weighted by molar-refractivity contribution is 5.98. The number of amides is 5. The van der Waals surface area contributed by atoms with Gasteiger partial charge in [-0.25, -0.2) is 0 Å². The quantitative estimate of drug-likeness (QED) is 0.105. The minimum Gasteiger partial charge on any atom is -0.370 e. The molecular formula is C32H52N8O5. The maximum atomic E-state index is 13.8. The monoisotopic (exact) mass is 628 g/mol. The first-order chi connectivity index (χ1) is 21.2. The molecule has 1 aromatic carbocycles. The first-order valence-corrected chi connectivity index (χ1v) is 15.8. The topological polar surface area (TPSA) is 210 Å². The molecule has 13 heteroatoms. The number of hydrogen-bond acceptors (Lipinski definition) is 6. The highest BCUT2D eigenvalue weighted by atomic mass is 16.2. The van der Waals surface area contributed by atoms with E-state index in [-0.39, 0.29) is 43.1 Å². The molecule has 0 aromatic heterocycles. The van der Waals surface area contributed by atoms with Crippen LogP contribution in [0.1, 0.15) is 72.8 Å². The molecule has 1 aromatic rings. The zero-order chi connectivity index (χ0) is 33.7. The van der Waals surface area contributed by atoms with Crippen molar-refractivity contribution in [1.82, 2.24) is 26.6 Å². The standard InChI is InChI=1S/C32H52N8O5/c1-18(2)15-23-28(42)38-25(17-21-11-8-7-9-12-21)30(44)36-22(13-10-14-35-32(33)34)27(41)40-26(20(5)6)31(45)39-24(16-19(3)4)29(43)37-23/h7-9,11-12,18-20,22-26H,10,13-17H2,1-6H3,(H,36,44)(H,37,43)(H,38,42)(H,39,45)(H,40,41)(H4,33,34,35)/t22-,23+,24-,25-,26+/m0/s1. The molecule has 1 aliphatic heterocycles. The van der Waals surface area contributed by atoms with Crippen molar-refractivity contribution < 1.29 is 24.0 Å². The fourth-order valence-corrected chi connectivity index (χ4v) is 5.10. The SMILES string of the molecule is CC(C)C[C@@H]1NC(=O)[C@@H](C(C)C)NC(=O)[C@H](CCCN=C(N)N)NC(=O)[C@H](Cc2ccccc2)NC(=O)[C@@H](CC(C)C)NC1=O. The van der Waals surface area contributed by atoms with Crippen LogP contribution in [0.2, 0.25) is 0 Å². The van der Waals surface area contributed by atoms with Gasteiger partial charge in [0.15, 0.2) is 5.96 Å². The zero-order valence-electron chi connectivity index (χ0n) is 27.4. The Morgan fingerprint density at radius 1 is 0.667 bits per heavy atom. The molecule has 0 spiro atoms. The van der Waals surface area contributed by atoms with Crippen molar-refractivity contribution in [2.75, 3.05) is 6.54 Å². The number of nitrogens with two attached hydrogens (primary N) is 2. The lowest BCUT2D eigenvalue weighted by molar-refractivity contribution is -0.135. The van der Waals surface area contributed by atoms with Gasteiger partial charge in [0.1, 0.15) is 30.2 Å². The summed E-state index contributed by atoms with van der Waals surface area (Å²) in [6.45, 7) is 11.5. The summed E-state index contributed by atoms with van der Waals surface area (Å²) in [5.74, 6) is -3.10. The zero-order valence-corrected chi connectivity index (χ0v) is 27.4. The molecule has 0 bridgehead atoms. The van der Waals surface area contributed by atoms with E-state index in [1.807, 2.05) is 58.0 Å². The maximum absolute atomic E-state index is 13.8. The third-order valence-corrected chi connectivity index (χ3v) is 7.42. The first-order valence-electron chi connectivity index (χ1n) is 15.8. The van der Waals surface area contributed by atoms with Gasteiger partial charge in [0.05, 0.1) is 0 Å². The van der Waals surface area contributed by atoms with E-state index in [1.54, 1.807) is 13.8 Å². The van der Waals surface area contributed by atoms with Gasteiger partial charge in [-0.1, -0.05) is 71.9 Å². The Hall–Kier alpha value is -4.16. The molecule has 0 saturated carbocycles. The van der Waals surface area contributed by atoms with E-state index in [1.165, 1.54) is 0 Å². The van der Waals surface area contributed by atoms with Gasteiger partial charge >= 0.3 is 0 Å². The summed E-state index contributed by atoms with van der Waals surface area (Å²) in [6, 6.07) is 4.16. The highest BCUT2D eigenvalue weighted by Gasteiger charge is 2.35. The third-order valence-electron chi connectivity index (χ3n) is 7.42. The Bertz CT molecular complexity index is 1180. The van der Waals surface area contributed by atoms with Gasteiger partial charge in [0.2, 0.25) is 29.5 Å². The summed E-state index contributed by atoms with van der Waals surface area (Å²) in [4.78, 5) is 72.3. The van der Waals surface area contributed by atoms with Crippen molar-refractivity contribution in [3.05, 3.63) is 35.9 Å². The largest absolute Gasteiger partial charge is 0.370 e. The summed E-state index contributed by atoms with van der Waals surface area (Å²) in [5, 5.41) is 14.0. The Morgan fingerprint density at radius 2 is 1.13 bits per heavy atom. The number of guanidine groups is 1. The summed E-state index contributed by atoms with van der Waals surface area (Å²) < 4.78 is 0. The van der Waals surface area contributed by atoms with E-state index in [0.29, 0.717) is 19.3 Å². The lowest BCUT2D eigenvalue weighted by atomic mass is 9.98. The number of nitrogens with zero attached hydrogens (tertiary/aromatic N) is 1. The molecule has 2 rings (SSSR count). The smallest absolute Gasteiger partial charge is 0.243 e. The molecule has 0 unspecified atom stereocenters. The minimum absolute atomic E-state index is 0.0319. The second-order valence-corrected chi connectivity index (χ2v) is 12.9. The highest BCUT2D eigenvalue weighted by Crippen LogP contribution is 2.13. The van der Waals surface area contributed by atoms with Crippen LogP contribution in [0.5, 0.6) is 0 Å². The number of benzene rings is 1. The number of rotatable bonds is 11. The average molecular weight is 629 g/mol. The number of aliphatic imine (C=N–C) groups is 1. The summed E-state index contributed by atoms with van der Waals surface area (Å²) in [5.41, 5.74) is 11.7. The number of carbonyl (C=O) groups is 5. The Kier molecular flexibility index (Phi) is 14.8. The predicted octanol–water partition coefficient (Wildman–Crippen LogP) is 0.469. The van der Waals surface area contributed by atoms with Crippen LogP contribution in [0.4, 0.5) is 0 Å². The van der Waals surface area contributed by atoms with Gasteiger partial charge < -0.3 is 38.1 Å². The molecule has 1 aliphatic rings. The van der Waals surface area contributed by atoms with Crippen molar-refractivity contribution in [3.8, 4) is 0 Å². The molecular weight excluding hydrogens is 576 g/mol. The van der Waals surface area contributed by atoms with E-state index in [9.17, 15) is 24.0 Å². The van der Waals surface area contributed by atoms with Crippen molar-refractivity contribution in [1.29, 1.82) is 0 Å². The first kappa shape index (κ1) is 37.0. The molecule has 1 saturated heterocycles. The summed E-state index contributed by atoms with van der Waals surface area (Å²) in [7, 11) is 0. The molecule has 5 atom stereocenters. The van der Waals surface area contributed by atoms with Crippen molar-refractivity contribution >= 4 is 35.5 Å². The minimum atomic E-state index is -1.06. The summed E-state index contributed by atoms with van der Waals surface area (Å²) in [6.07, 6.45) is 1.29. The van der Waals surface area contributed by atoms with E-state index in [0.717, 1.165) is 5.56 Å². The molecule has 250 valence electrons. The van der Waals surface area contributed by atoms with Crippen LogP contribution in [-0.4, -0.2) is 72.2 Å². The van der Waals surface area contributed by atoms with Crippen LogP contribution in [0.15, 0.2) is 35.3 Å².